The fourth-order valence-electron chi connectivity index (χ4n) is 2.52. The Bertz CT molecular complexity index is 456. The first-order valence-electron chi connectivity index (χ1n) is 7.20. The van der Waals surface area contributed by atoms with E-state index in [0.717, 1.165) is 24.2 Å². The van der Waals surface area contributed by atoms with E-state index in [0.29, 0.717) is 6.54 Å². The van der Waals surface area contributed by atoms with E-state index in [1.54, 1.807) is 7.11 Å². The lowest BCUT2D eigenvalue weighted by Gasteiger charge is -2.29. The smallest absolute Gasteiger partial charge is 0.223 e. The number of amides is 1. The SMILES string of the molecule is COc1ccccc1C(CNC(=O)C1CCC1)N(C)C. The molecular weight excluding hydrogens is 252 g/mol. The molecule has 1 atom stereocenters. The molecule has 1 fully saturated rings. The highest BCUT2D eigenvalue weighted by Crippen LogP contribution is 2.29. The van der Waals surface area contributed by atoms with Gasteiger partial charge < -0.3 is 15.0 Å². The molecule has 4 heteroatoms. The lowest BCUT2D eigenvalue weighted by atomic mass is 9.85. The summed E-state index contributed by atoms with van der Waals surface area (Å²) in [4.78, 5) is 14.1. The van der Waals surface area contributed by atoms with Gasteiger partial charge >= 0.3 is 0 Å². The molecule has 0 saturated heterocycles. The molecule has 0 aliphatic heterocycles. The van der Waals surface area contributed by atoms with E-state index in [9.17, 15) is 4.79 Å². The number of hydrogen-bond acceptors (Lipinski definition) is 3. The van der Waals surface area contributed by atoms with Crippen LogP contribution >= 0.6 is 0 Å². The van der Waals surface area contributed by atoms with Gasteiger partial charge in [-0.1, -0.05) is 24.6 Å². The third kappa shape index (κ3) is 3.31. The molecule has 2 rings (SSSR count). The number of rotatable bonds is 6. The third-order valence-corrected chi connectivity index (χ3v) is 4.07. The molecule has 1 aromatic rings. The van der Waals surface area contributed by atoms with Gasteiger partial charge in [-0.05, 0) is 33.0 Å². The van der Waals surface area contributed by atoms with Crippen LogP contribution in [-0.2, 0) is 4.79 Å². The Hall–Kier alpha value is -1.55. The van der Waals surface area contributed by atoms with E-state index in [4.69, 9.17) is 4.74 Å². The largest absolute Gasteiger partial charge is 0.496 e. The zero-order valence-corrected chi connectivity index (χ0v) is 12.6. The van der Waals surface area contributed by atoms with Gasteiger partial charge in [0.25, 0.3) is 0 Å². The number of para-hydroxylation sites is 1. The van der Waals surface area contributed by atoms with Gasteiger partial charge in [-0.2, -0.15) is 0 Å². The van der Waals surface area contributed by atoms with Crippen LogP contribution in [0.3, 0.4) is 0 Å². The number of methoxy groups -OCH3 is 1. The summed E-state index contributed by atoms with van der Waals surface area (Å²) in [7, 11) is 5.72. The van der Waals surface area contributed by atoms with Gasteiger partial charge in [-0.25, -0.2) is 0 Å². The zero-order valence-electron chi connectivity index (χ0n) is 12.6. The Morgan fingerprint density at radius 3 is 2.65 bits per heavy atom. The summed E-state index contributed by atoms with van der Waals surface area (Å²) in [6.07, 6.45) is 3.25. The van der Waals surface area contributed by atoms with Crippen molar-refractivity contribution < 1.29 is 9.53 Å². The molecule has 0 spiro atoms. The first-order valence-corrected chi connectivity index (χ1v) is 7.20. The van der Waals surface area contributed by atoms with Gasteiger partial charge in [0.05, 0.1) is 13.2 Å². The zero-order chi connectivity index (χ0) is 14.5. The number of benzene rings is 1. The summed E-state index contributed by atoms with van der Waals surface area (Å²) < 4.78 is 5.42. The topological polar surface area (TPSA) is 41.6 Å². The first kappa shape index (κ1) is 14.9. The maximum absolute atomic E-state index is 12.0. The monoisotopic (exact) mass is 276 g/mol. The fraction of sp³-hybridized carbons (Fsp3) is 0.562. The molecule has 0 aromatic heterocycles. The molecule has 1 saturated carbocycles. The van der Waals surface area contributed by atoms with Crippen LogP contribution in [0.1, 0.15) is 30.9 Å². The van der Waals surface area contributed by atoms with Crippen molar-refractivity contribution in [2.24, 2.45) is 5.92 Å². The summed E-state index contributed by atoms with van der Waals surface area (Å²) in [6, 6.07) is 8.10. The first-order chi connectivity index (χ1) is 9.63. The van der Waals surface area contributed by atoms with E-state index in [1.807, 2.05) is 32.3 Å². The van der Waals surface area contributed by atoms with Crippen molar-refractivity contribution in [1.82, 2.24) is 10.2 Å². The highest BCUT2D eigenvalue weighted by molar-refractivity contribution is 5.79. The quantitative estimate of drug-likeness (QED) is 0.866. The number of carbonyl (C=O) groups is 1. The average molecular weight is 276 g/mol. The van der Waals surface area contributed by atoms with Crippen molar-refractivity contribution in [1.29, 1.82) is 0 Å². The predicted molar refractivity (Wildman–Crippen MR) is 79.8 cm³/mol. The third-order valence-electron chi connectivity index (χ3n) is 4.07. The van der Waals surface area contributed by atoms with Gasteiger partial charge in [0.15, 0.2) is 0 Å². The number of ether oxygens (including phenoxy) is 1. The summed E-state index contributed by atoms with van der Waals surface area (Å²) in [5, 5.41) is 3.08. The van der Waals surface area contributed by atoms with E-state index in [1.165, 1.54) is 6.42 Å². The van der Waals surface area contributed by atoms with Gasteiger partial charge in [0, 0.05) is 18.0 Å². The average Bonchev–Trinajstić information content (AvgIpc) is 2.37. The van der Waals surface area contributed by atoms with Crippen molar-refractivity contribution in [3.05, 3.63) is 29.8 Å². The lowest BCUT2D eigenvalue weighted by Crippen LogP contribution is -2.39. The van der Waals surface area contributed by atoms with E-state index in [-0.39, 0.29) is 17.9 Å². The van der Waals surface area contributed by atoms with Crippen LogP contribution in [0.2, 0.25) is 0 Å². The van der Waals surface area contributed by atoms with E-state index in [2.05, 4.69) is 16.3 Å². The fourth-order valence-corrected chi connectivity index (χ4v) is 2.52. The van der Waals surface area contributed by atoms with Gasteiger partial charge in [-0.3, -0.25) is 4.79 Å². The number of nitrogens with one attached hydrogen (secondary N) is 1. The molecule has 0 bridgehead atoms. The lowest BCUT2D eigenvalue weighted by molar-refractivity contribution is -0.127. The van der Waals surface area contributed by atoms with E-state index >= 15 is 0 Å². The Labute approximate surface area is 121 Å². The normalized spacial score (nSPS) is 16.6. The van der Waals surface area contributed by atoms with Gasteiger partial charge in [-0.15, -0.1) is 0 Å². The van der Waals surface area contributed by atoms with Crippen molar-refractivity contribution in [2.45, 2.75) is 25.3 Å². The summed E-state index contributed by atoms with van der Waals surface area (Å²) in [5.41, 5.74) is 1.11. The summed E-state index contributed by atoms with van der Waals surface area (Å²) >= 11 is 0. The number of carbonyl (C=O) groups excluding carboxylic acids is 1. The highest BCUT2D eigenvalue weighted by atomic mass is 16.5. The predicted octanol–water partition coefficient (Wildman–Crippen LogP) is 2.21. The van der Waals surface area contributed by atoms with Crippen molar-refractivity contribution in [3.8, 4) is 5.75 Å². The Kier molecular flexibility index (Phi) is 5.01. The van der Waals surface area contributed by atoms with Crippen molar-refractivity contribution >= 4 is 5.91 Å². The molecule has 1 aliphatic rings. The number of likely N-dealkylation sites (N-methyl/N-ethyl adjacent to an activating group) is 1. The standard InChI is InChI=1S/C16H24N2O2/c1-18(2)14(11-17-16(19)12-7-6-8-12)13-9-4-5-10-15(13)20-3/h4-5,9-10,12,14H,6-8,11H2,1-3H3,(H,17,19). The van der Waals surface area contributed by atoms with Crippen LogP contribution in [0.25, 0.3) is 0 Å². The van der Waals surface area contributed by atoms with Crippen LogP contribution in [0, 0.1) is 5.92 Å². The number of hydrogen-bond donors (Lipinski definition) is 1. The maximum Gasteiger partial charge on any atom is 0.223 e. The van der Waals surface area contributed by atoms with Crippen LogP contribution < -0.4 is 10.1 Å². The molecule has 0 heterocycles. The minimum absolute atomic E-state index is 0.121. The molecule has 1 aliphatic carbocycles. The minimum atomic E-state index is 0.121. The van der Waals surface area contributed by atoms with Crippen LogP contribution in [0.15, 0.2) is 24.3 Å². The Morgan fingerprint density at radius 1 is 1.40 bits per heavy atom. The van der Waals surface area contributed by atoms with Crippen molar-refractivity contribution in [3.63, 3.8) is 0 Å². The molecule has 1 amide bonds. The van der Waals surface area contributed by atoms with Gasteiger partial charge in [0.2, 0.25) is 5.91 Å². The molecule has 110 valence electrons. The second kappa shape index (κ2) is 6.75. The molecule has 20 heavy (non-hydrogen) atoms. The molecule has 1 N–H and O–H groups in total. The summed E-state index contributed by atoms with van der Waals surface area (Å²) in [5.74, 6) is 1.29. The molecule has 1 unspecified atom stereocenters. The molecule has 1 aromatic carbocycles. The molecule has 4 nitrogen and oxygen atoms in total. The van der Waals surface area contributed by atoms with Crippen molar-refractivity contribution in [2.75, 3.05) is 27.7 Å². The van der Waals surface area contributed by atoms with Crippen LogP contribution in [-0.4, -0.2) is 38.6 Å². The second-order valence-corrected chi connectivity index (χ2v) is 5.59. The minimum Gasteiger partial charge on any atom is -0.496 e. The molecule has 0 radical (unpaired) electrons. The number of nitrogens with zero attached hydrogens (tertiary/aromatic N) is 1. The van der Waals surface area contributed by atoms with E-state index < -0.39 is 0 Å². The second-order valence-electron chi connectivity index (χ2n) is 5.59. The Balaban J connectivity index is 2.04. The summed E-state index contributed by atoms with van der Waals surface area (Å²) in [6.45, 7) is 0.614. The maximum atomic E-state index is 12.0. The molecular formula is C16H24N2O2. The van der Waals surface area contributed by atoms with Gasteiger partial charge in [0.1, 0.15) is 5.75 Å². The van der Waals surface area contributed by atoms with Crippen LogP contribution in [0.4, 0.5) is 0 Å². The van der Waals surface area contributed by atoms with Crippen LogP contribution in [0.5, 0.6) is 5.75 Å². The Morgan fingerprint density at radius 2 is 2.10 bits per heavy atom. The highest BCUT2D eigenvalue weighted by Gasteiger charge is 2.26.